The van der Waals surface area contributed by atoms with E-state index in [0.29, 0.717) is 17.7 Å². The predicted molar refractivity (Wildman–Crippen MR) is 61.8 cm³/mol. The van der Waals surface area contributed by atoms with E-state index in [1.807, 2.05) is 0 Å². The maximum atomic E-state index is 11.8. The third-order valence-electron chi connectivity index (χ3n) is 3.84. The lowest BCUT2D eigenvalue weighted by atomic mass is 10.0. The molecule has 0 heterocycles. The zero-order valence-corrected chi connectivity index (χ0v) is 10.1. The molecule has 15 heavy (non-hydrogen) atoms. The molecule has 2 aliphatic rings. The van der Waals surface area contributed by atoms with E-state index in [9.17, 15) is 4.79 Å². The van der Waals surface area contributed by atoms with Crippen LogP contribution in [0.25, 0.3) is 0 Å². The highest BCUT2D eigenvalue weighted by Gasteiger charge is 2.47. The minimum atomic E-state index is 0.281. The van der Waals surface area contributed by atoms with E-state index in [1.54, 1.807) is 0 Å². The molecule has 1 amide bonds. The summed E-state index contributed by atoms with van der Waals surface area (Å²) < 4.78 is 0. The number of alkyl halides is 1. The van der Waals surface area contributed by atoms with Crippen molar-refractivity contribution in [3.63, 3.8) is 0 Å². The van der Waals surface area contributed by atoms with Crippen LogP contribution >= 0.6 is 11.6 Å². The van der Waals surface area contributed by atoms with Gasteiger partial charge >= 0.3 is 0 Å². The van der Waals surface area contributed by atoms with E-state index in [4.69, 9.17) is 11.6 Å². The van der Waals surface area contributed by atoms with Crippen molar-refractivity contribution >= 4 is 17.5 Å². The van der Waals surface area contributed by atoms with Crippen molar-refractivity contribution in [1.29, 1.82) is 0 Å². The first-order valence-corrected chi connectivity index (χ1v) is 6.57. The van der Waals surface area contributed by atoms with Crippen LogP contribution in [0.15, 0.2) is 0 Å². The van der Waals surface area contributed by atoms with Crippen molar-refractivity contribution in [2.24, 2.45) is 23.7 Å². The van der Waals surface area contributed by atoms with Crippen LogP contribution in [0, 0.1) is 23.7 Å². The molecule has 0 bridgehead atoms. The molecule has 0 aromatic carbocycles. The van der Waals surface area contributed by atoms with Gasteiger partial charge in [0.1, 0.15) is 0 Å². The van der Waals surface area contributed by atoms with Crippen LogP contribution in [-0.4, -0.2) is 18.3 Å². The lowest BCUT2D eigenvalue weighted by Crippen LogP contribution is -2.33. The van der Waals surface area contributed by atoms with Gasteiger partial charge in [0, 0.05) is 18.3 Å². The van der Waals surface area contributed by atoms with Crippen LogP contribution in [-0.2, 0) is 4.79 Å². The Labute approximate surface area is 96.8 Å². The van der Waals surface area contributed by atoms with Crippen LogP contribution in [0.2, 0.25) is 0 Å². The van der Waals surface area contributed by atoms with Crippen molar-refractivity contribution in [2.45, 2.75) is 32.6 Å². The minimum absolute atomic E-state index is 0.281. The number of rotatable bonds is 5. The fraction of sp³-hybridized carbons (Fsp3) is 0.917. The van der Waals surface area contributed by atoms with Gasteiger partial charge < -0.3 is 5.32 Å². The van der Waals surface area contributed by atoms with Gasteiger partial charge in [0.05, 0.1) is 0 Å². The van der Waals surface area contributed by atoms with Crippen molar-refractivity contribution in [2.75, 3.05) is 12.4 Å². The molecule has 2 aliphatic carbocycles. The van der Waals surface area contributed by atoms with Gasteiger partial charge in [-0.15, -0.1) is 11.6 Å². The third-order valence-corrected chi connectivity index (χ3v) is 4.06. The summed E-state index contributed by atoms with van der Waals surface area (Å²) in [7, 11) is 0. The van der Waals surface area contributed by atoms with Gasteiger partial charge in [0.15, 0.2) is 0 Å². The zero-order valence-electron chi connectivity index (χ0n) is 9.34. The Hall–Kier alpha value is -0.240. The largest absolute Gasteiger partial charge is 0.356 e. The first-order valence-electron chi connectivity index (χ1n) is 6.04. The SMILES string of the molecule is CC(CCCl)CNC(=O)C1CC2CC2C1. The average Bonchev–Trinajstić information content (AvgIpc) is 2.83. The molecule has 0 aromatic heterocycles. The van der Waals surface area contributed by atoms with Crippen LogP contribution in [0.4, 0.5) is 0 Å². The van der Waals surface area contributed by atoms with Gasteiger partial charge in [-0.25, -0.2) is 0 Å². The number of amides is 1. The minimum Gasteiger partial charge on any atom is -0.356 e. The van der Waals surface area contributed by atoms with Crippen LogP contribution < -0.4 is 5.32 Å². The van der Waals surface area contributed by atoms with Crippen molar-refractivity contribution in [3.05, 3.63) is 0 Å². The second-order valence-electron chi connectivity index (χ2n) is 5.25. The Morgan fingerprint density at radius 3 is 2.67 bits per heavy atom. The summed E-state index contributed by atoms with van der Waals surface area (Å²) in [6.45, 7) is 2.92. The Balaban J connectivity index is 1.64. The number of fused-ring (bicyclic) bond motifs is 1. The molecule has 0 saturated heterocycles. The number of carbonyl (C=O) groups is 1. The number of carbonyl (C=O) groups excluding carboxylic acids is 1. The molecule has 3 unspecified atom stereocenters. The molecule has 1 N–H and O–H groups in total. The molecule has 0 spiro atoms. The number of hydrogen-bond donors (Lipinski definition) is 1. The summed E-state index contributed by atoms with van der Waals surface area (Å²) in [6.07, 6.45) is 4.64. The predicted octanol–water partition coefficient (Wildman–Crippen LogP) is 2.41. The van der Waals surface area contributed by atoms with E-state index in [-0.39, 0.29) is 5.91 Å². The van der Waals surface area contributed by atoms with E-state index in [1.165, 1.54) is 6.42 Å². The van der Waals surface area contributed by atoms with Gasteiger partial charge in [-0.3, -0.25) is 4.79 Å². The summed E-state index contributed by atoms with van der Waals surface area (Å²) in [5.74, 6) is 3.56. The quantitative estimate of drug-likeness (QED) is 0.721. The average molecular weight is 230 g/mol. The van der Waals surface area contributed by atoms with Crippen molar-refractivity contribution < 1.29 is 4.79 Å². The van der Waals surface area contributed by atoms with Gasteiger partial charge in [-0.1, -0.05) is 6.92 Å². The summed E-state index contributed by atoms with van der Waals surface area (Å²) in [4.78, 5) is 11.8. The lowest BCUT2D eigenvalue weighted by molar-refractivity contribution is -0.125. The van der Waals surface area contributed by atoms with Gasteiger partial charge in [-0.05, 0) is 43.4 Å². The Bertz CT molecular complexity index is 234. The Morgan fingerprint density at radius 1 is 1.40 bits per heavy atom. The highest BCUT2D eigenvalue weighted by atomic mass is 35.5. The highest BCUT2D eigenvalue weighted by Crippen LogP contribution is 2.54. The molecule has 0 aliphatic heterocycles. The standard InChI is InChI=1S/C12H20ClNO/c1-8(2-3-13)7-14-12(15)11-5-9-4-10(9)6-11/h8-11H,2-7H2,1H3,(H,14,15). The fourth-order valence-electron chi connectivity index (χ4n) is 2.64. The van der Waals surface area contributed by atoms with E-state index in [0.717, 1.165) is 37.6 Å². The molecule has 86 valence electrons. The molecular formula is C12H20ClNO. The molecule has 2 fully saturated rings. The smallest absolute Gasteiger partial charge is 0.223 e. The zero-order chi connectivity index (χ0) is 10.8. The molecular weight excluding hydrogens is 210 g/mol. The maximum absolute atomic E-state index is 11.8. The van der Waals surface area contributed by atoms with E-state index < -0.39 is 0 Å². The van der Waals surface area contributed by atoms with Crippen LogP contribution in [0.1, 0.15) is 32.6 Å². The highest BCUT2D eigenvalue weighted by molar-refractivity contribution is 6.17. The first kappa shape index (κ1) is 11.3. The molecule has 0 radical (unpaired) electrons. The monoisotopic (exact) mass is 229 g/mol. The van der Waals surface area contributed by atoms with Gasteiger partial charge in [0.25, 0.3) is 0 Å². The summed E-state index contributed by atoms with van der Waals surface area (Å²) in [5.41, 5.74) is 0. The molecule has 2 nitrogen and oxygen atoms in total. The fourth-order valence-corrected chi connectivity index (χ4v) is 3.01. The molecule has 2 saturated carbocycles. The van der Waals surface area contributed by atoms with E-state index >= 15 is 0 Å². The second kappa shape index (κ2) is 4.73. The first-order chi connectivity index (χ1) is 7.20. The van der Waals surface area contributed by atoms with Crippen LogP contribution in [0.3, 0.4) is 0 Å². The van der Waals surface area contributed by atoms with Crippen LogP contribution in [0.5, 0.6) is 0 Å². The summed E-state index contributed by atoms with van der Waals surface area (Å²) in [5, 5.41) is 3.05. The van der Waals surface area contributed by atoms with E-state index in [2.05, 4.69) is 12.2 Å². The van der Waals surface area contributed by atoms with Crippen molar-refractivity contribution in [1.82, 2.24) is 5.32 Å². The van der Waals surface area contributed by atoms with Gasteiger partial charge in [0.2, 0.25) is 5.91 Å². The maximum Gasteiger partial charge on any atom is 0.223 e. The molecule has 3 atom stereocenters. The molecule has 3 heteroatoms. The molecule has 2 rings (SSSR count). The summed E-state index contributed by atoms with van der Waals surface area (Å²) in [6, 6.07) is 0. The number of hydrogen-bond acceptors (Lipinski definition) is 1. The van der Waals surface area contributed by atoms with Crippen molar-refractivity contribution in [3.8, 4) is 0 Å². The third kappa shape index (κ3) is 2.87. The second-order valence-corrected chi connectivity index (χ2v) is 5.63. The lowest BCUT2D eigenvalue weighted by Gasteiger charge is -2.15. The Kier molecular flexibility index (Phi) is 3.55. The number of halogens is 1. The number of nitrogens with one attached hydrogen (secondary N) is 1. The normalized spacial score (nSPS) is 34.7. The molecule has 0 aromatic rings. The van der Waals surface area contributed by atoms with Gasteiger partial charge in [-0.2, -0.15) is 0 Å². The topological polar surface area (TPSA) is 29.1 Å². The Morgan fingerprint density at radius 2 is 2.07 bits per heavy atom. The summed E-state index contributed by atoms with van der Waals surface area (Å²) >= 11 is 5.65.